The second kappa shape index (κ2) is 5.79. The Morgan fingerprint density at radius 3 is 2.19 bits per heavy atom. The topological polar surface area (TPSA) is 36.9 Å². The fourth-order valence-corrected chi connectivity index (χ4v) is 11.0. The predicted octanol–water partition coefficient (Wildman–Crippen LogP) is 6.63. The van der Waals surface area contributed by atoms with Gasteiger partial charge in [0, 0.05) is 18.3 Å². The summed E-state index contributed by atoms with van der Waals surface area (Å²) in [4.78, 5) is 12.0. The van der Waals surface area contributed by atoms with E-state index in [1.54, 1.807) is 0 Å². The van der Waals surface area contributed by atoms with E-state index < -0.39 is 11.6 Å². The molecule has 4 nitrogen and oxygen atoms in total. The minimum atomic E-state index is -0.546. The van der Waals surface area contributed by atoms with E-state index in [1.165, 1.54) is 44.9 Å². The van der Waals surface area contributed by atoms with Gasteiger partial charge in [-0.25, -0.2) is 0 Å². The van der Waals surface area contributed by atoms with Crippen LogP contribution in [-0.4, -0.2) is 24.3 Å². The van der Waals surface area contributed by atoms with E-state index in [0.29, 0.717) is 33.7 Å². The van der Waals surface area contributed by atoms with Gasteiger partial charge in [0.05, 0.1) is 12.7 Å². The number of hydrogen-bond donors (Lipinski definition) is 0. The molecule has 7 rings (SSSR count). The van der Waals surface area contributed by atoms with E-state index in [4.69, 9.17) is 19.2 Å². The molecule has 0 amide bonds. The lowest BCUT2D eigenvalue weighted by Crippen LogP contribution is -2.70. The van der Waals surface area contributed by atoms with E-state index >= 15 is 0 Å². The standard InChI is InChI=1S/C28H44O4/c1-22(2)9-14-27-15-11-23(3)18(20(27)21(22)29-17-27)7-8-19-24(23,4)12-16-28-25(19,5)10-13-26(6,30-28)31-32-28/h18-21H,7-17H2,1-6H3/t18-,19+,20+,21-,23-,24-,25-,26?,27-,28+/m1/s1. The molecule has 7 aliphatic rings. The first kappa shape index (κ1) is 21.1. The summed E-state index contributed by atoms with van der Waals surface area (Å²) in [5.41, 5.74) is 1.50. The van der Waals surface area contributed by atoms with E-state index in [1.807, 2.05) is 0 Å². The Labute approximate surface area is 194 Å². The minimum absolute atomic E-state index is 0.0282. The third-order valence-electron chi connectivity index (χ3n) is 13.3. The number of hydrogen-bond acceptors (Lipinski definition) is 4. The summed E-state index contributed by atoms with van der Waals surface area (Å²) >= 11 is 0. The summed E-state index contributed by atoms with van der Waals surface area (Å²) in [6.45, 7) is 15.9. The summed E-state index contributed by atoms with van der Waals surface area (Å²) in [5, 5.41) is 0. The zero-order valence-corrected chi connectivity index (χ0v) is 21.2. The maximum Gasteiger partial charge on any atom is 0.210 e. The Bertz CT molecular complexity index is 856. The molecule has 32 heavy (non-hydrogen) atoms. The Hall–Kier alpha value is -0.160. The monoisotopic (exact) mass is 444 g/mol. The average Bonchev–Trinajstić information content (AvgIpc) is 3.23. The van der Waals surface area contributed by atoms with Crippen molar-refractivity contribution in [1.29, 1.82) is 0 Å². The van der Waals surface area contributed by atoms with Crippen molar-refractivity contribution in [3.05, 3.63) is 0 Å². The Kier molecular flexibility index (Phi) is 3.83. The van der Waals surface area contributed by atoms with Crippen LogP contribution in [0, 0.1) is 44.8 Å². The molecule has 0 aromatic heterocycles. The number of ether oxygens (including phenoxy) is 2. The molecule has 3 aliphatic heterocycles. The highest BCUT2D eigenvalue weighted by Gasteiger charge is 2.77. The highest BCUT2D eigenvalue weighted by Crippen LogP contribution is 2.78. The molecule has 0 radical (unpaired) electrons. The van der Waals surface area contributed by atoms with Gasteiger partial charge in [-0.05, 0) is 97.7 Å². The molecule has 4 heteroatoms. The summed E-state index contributed by atoms with van der Waals surface area (Å²) < 4.78 is 13.3. The van der Waals surface area contributed by atoms with Crippen LogP contribution in [0.15, 0.2) is 0 Å². The summed E-state index contributed by atoms with van der Waals surface area (Å²) in [6.07, 6.45) is 12.8. The molecular formula is C28H44O4. The van der Waals surface area contributed by atoms with E-state index in [0.717, 1.165) is 37.7 Å². The lowest BCUT2D eigenvalue weighted by Gasteiger charge is -2.72. The molecular weight excluding hydrogens is 400 g/mol. The number of rotatable bonds is 0. The molecule has 3 saturated heterocycles. The minimum Gasteiger partial charge on any atom is -0.377 e. The van der Waals surface area contributed by atoms with Gasteiger partial charge in [0.2, 0.25) is 11.6 Å². The van der Waals surface area contributed by atoms with Crippen LogP contribution in [0.2, 0.25) is 0 Å². The third-order valence-corrected chi connectivity index (χ3v) is 13.3. The number of fused-ring (bicyclic) bond motifs is 5. The molecule has 4 bridgehead atoms. The van der Waals surface area contributed by atoms with Gasteiger partial charge in [-0.3, -0.25) is 0 Å². The van der Waals surface area contributed by atoms with Crippen LogP contribution in [0.5, 0.6) is 0 Å². The zero-order valence-electron chi connectivity index (χ0n) is 21.2. The maximum absolute atomic E-state index is 6.69. The van der Waals surface area contributed by atoms with Gasteiger partial charge >= 0.3 is 0 Å². The van der Waals surface area contributed by atoms with Gasteiger partial charge in [-0.15, -0.1) is 0 Å². The molecule has 180 valence electrons. The van der Waals surface area contributed by atoms with Crippen LogP contribution in [-0.2, 0) is 19.2 Å². The van der Waals surface area contributed by atoms with Crippen LogP contribution in [0.3, 0.4) is 0 Å². The Morgan fingerprint density at radius 1 is 0.656 bits per heavy atom. The SMILES string of the molecule is CC12CC[C@]3(C)[C@H]4CC[C@@H]5[C@H]6[C@H]7OC[C@@]6(CCC7(C)C)CC[C@@]5(C)[C@]4(C)CC[C@@]3(OO1)O2. The van der Waals surface area contributed by atoms with Gasteiger partial charge < -0.3 is 9.47 Å². The fourth-order valence-electron chi connectivity index (χ4n) is 11.0. The average molecular weight is 445 g/mol. The Balaban J connectivity index is 1.29. The summed E-state index contributed by atoms with van der Waals surface area (Å²) in [7, 11) is 0. The second-order valence-electron chi connectivity index (χ2n) is 14.8. The van der Waals surface area contributed by atoms with E-state index in [-0.39, 0.29) is 5.41 Å². The molecule has 4 saturated carbocycles. The second-order valence-corrected chi connectivity index (χ2v) is 14.8. The summed E-state index contributed by atoms with van der Waals surface area (Å²) in [6, 6.07) is 0. The predicted molar refractivity (Wildman–Crippen MR) is 121 cm³/mol. The maximum atomic E-state index is 6.69. The van der Waals surface area contributed by atoms with Crippen LogP contribution < -0.4 is 0 Å². The lowest BCUT2D eigenvalue weighted by atomic mass is 9.33. The highest BCUT2D eigenvalue weighted by atomic mass is 17.3. The first-order valence-corrected chi connectivity index (χ1v) is 13.6. The third kappa shape index (κ3) is 2.13. The van der Waals surface area contributed by atoms with Crippen molar-refractivity contribution < 1.29 is 19.2 Å². The van der Waals surface area contributed by atoms with Crippen LogP contribution in [0.25, 0.3) is 0 Å². The van der Waals surface area contributed by atoms with Crippen LogP contribution in [0.4, 0.5) is 0 Å². The van der Waals surface area contributed by atoms with Crippen molar-refractivity contribution in [3.8, 4) is 0 Å². The largest absolute Gasteiger partial charge is 0.377 e. The quantitative estimate of drug-likeness (QED) is 0.393. The first-order valence-electron chi connectivity index (χ1n) is 13.6. The molecule has 4 aliphatic carbocycles. The van der Waals surface area contributed by atoms with Crippen molar-refractivity contribution in [3.63, 3.8) is 0 Å². The van der Waals surface area contributed by atoms with Gasteiger partial charge in [-0.2, -0.15) is 9.78 Å². The molecule has 0 aromatic carbocycles. The molecule has 1 spiro atoms. The van der Waals surface area contributed by atoms with Crippen molar-refractivity contribution in [2.45, 2.75) is 123 Å². The van der Waals surface area contributed by atoms with Crippen molar-refractivity contribution in [2.75, 3.05) is 6.61 Å². The molecule has 0 N–H and O–H groups in total. The lowest BCUT2D eigenvalue weighted by molar-refractivity contribution is -0.389. The van der Waals surface area contributed by atoms with Gasteiger partial charge in [0.1, 0.15) is 0 Å². The van der Waals surface area contributed by atoms with Crippen molar-refractivity contribution in [1.82, 2.24) is 0 Å². The van der Waals surface area contributed by atoms with Gasteiger partial charge in [-0.1, -0.05) is 34.6 Å². The van der Waals surface area contributed by atoms with Crippen LogP contribution >= 0.6 is 0 Å². The van der Waals surface area contributed by atoms with Crippen molar-refractivity contribution >= 4 is 0 Å². The van der Waals surface area contributed by atoms with E-state index in [9.17, 15) is 0 Å². The molecule has 1 unspecified atom stereocenters. The molecule has 0 aromatic rings. The highest BCUT2D eigenvalue weighted by molar-refractivity contribution is 5.21. The normalized spacial score (nSPS) is 64.3. The first-order chi connectivity index (χ1) is 14.9. The van der Waals surface area contributed by atoms with Gasteiger partial charge in [0.25, 0.3) is 0 Å². The fraction of sp³-hybridized carbons (Fsp3) is 1.00. The van der Waals surface area contributed by atoms with Crippen molar-refractivity contribution in [2.24, 2.45) is 44.8 Å². The zero-order chi connectivity index (χ0) is 22.4. The Morgan fingerprint density at radius 2 is 1.38 bits per heavy atom. The van der Waals surface area contributed by atoms with Crippen LogP contribution in [0.1, 0.15) is 106 Å². The molecule has 3 heterocycles. The van der Waals surface area contributed by atoms with Gasteiger partial charge in [0.15, 0.2) is 0 Å². The summed E-state index contributed by atoms with van der Waals surface area (Å²) in [5.74, 6) is 1.08. The molecule has 7 fully saturated rings. The van der Waals surface area contributed by atoms with E-state index in [2.05, 4.69) is 41.5 Å². The smallest absolute Gasteiger partial charge is 0.210 e. The molecule has 10 atom stereocenters.